The molecule has 1 unspecified atom stereocenters. The average molecular weight is 374 g/mol. The quantitative estimate of drug-likeness (QED) is 0.863. The zero-order valence-corrected chi connectivity index (χ0v) is 14.7. The second-order valence-electron chi connectivity index (χ2n) is 4.78. The lowest BCUT2D eigenvalue weighted by Crippen LogP contribution is -2.07. The molecule has 0 aliphatic rings. The van der Waals surface area contributed by atoms with Gasteiger partial charge in [-0.1, -0.05) is 6.07 Å². The van der Waals surface area contributed by atoms with Gasteiger partial charge < -0.3 is 5.32 Å². The Labute approximate surface area is 132 Å². The van der Waals surface area contributed by atoms with Crippen LogP contribution in [0.25, 0.3) is 0 Å². The number of nitrogens with one attached hydrogen (secondary N) is 1. The van der Waals surface area contributed by atoms with Crippen molar-refractivity contribution in [1.82, 2.24) is 0 Å². The van der Waals surface area contributed by atoms with Gasteiger partial charge in [0.15, 0.2) is 9.84 Å². The zero-order valence-electron chi connectivity index (χ0n) is 11.5. The Bertz CT molecular complexity index is 723. The molecule has 0 saturated carbocycles. The lowest BCUT2D eigenvalue weighted by molar-refractivity contribution is 0.602. The summed E-state index contributed by atoms with van der Waals surface area (Å²) in [4.78, 5) is 1.53. The van der Waals surface area contributed by atoms with Gasteiger partial charge in [-0.25, -0.2) is 8.42 Å². The predicted molar refractivity (Wildman–Crippen MR) is 88.3 cm³/mol. The summed E-state index contributed by atoms with van der Waals surface area (Å²) in [5.74, 6) is 0. The number of hydrogen-bond acceptors (Lipinski definition) is 4. The Morgan fingerprint density at radius 2 is 2.00 bits per heavy atom. The van der Waals surface area contributed by atoms with Crippen LogP contribution in [0.1, 0.15) is 23.4 Å². The summed E-state index contributed by atoms with van der Waals surface area (Å²) in [6.45, 7) is 4.02. The minimum Gasteiger partial charge on any atom is -0.377 e. The van der Waals surface area contributed by atoms with Crippen LogP contribution in [0, 0.1) is 6.92 Å². The van der Waals surface area contributed by atoms with Crippen molar-refractivity contribution in [1.29, 1.82) is 0 Å². The molecule has 0 spiro atoms. The minimum absolute atomic E-state index is 0.125. The molecule has 0 amide bonds. The van der Waals surface area contributed by atoms with Crippen molar-refractivity contribution in [3.8, 4) is 0 Å². The highest BCUT2D eigenvalue weighted by molar-refractivity contribution is 9.10. The first-order valence-corrected chi connectivity index (χ1v) is 9.65. The number of aryl methyl sites for hydroxylation is 1. The van der Waals surface area contributed by atoms with Gasteiger partial charge in [-0.05, 0) is 53.5 Å². The van der Waals surface area contributed by atoms with Gasteiger partial charge in [-0.3, -0.25) is 0 Å². The topological polar surface area (TPSA) is 46.2 Å². The van der Waals surface area contributed by atoms with Gasteiger partial charge in [0, 0.05) is 26.7 Å². The van der Waals surface area contributed by atoms with Crippen LogP contribution in [-0.4, -0.2) is 14.7 Å². The standard InChI is InChI=1S/C14H16BrNO2S2/c1-9-4-5-12(20(3,17)18)7-13(9)16-10(2)14-6-11(15)8-19-14/h4-8,10,16H,1-3H3. The normalized spacial score (nSPS) is 13.2. The van der Waals surface area contributed by atoms with E-state index >= 15 is 0 Å². The van der Waals surface area contributed by atoms with Crippen LogP contribution in [0.2, 0.25) is 0 Å². The van der Waals surface area contributed by atoms with Crippen LogP contribution in [-0.2, 0) is 9.84 Å². The molecule has 3 nitrogen and oxygen atoms in total. The van der Waals surface area contributed by atoms with Gasteiger partial charge in [0.05, 0.1) is 10.9 Å². The summed E-state index contributed by atoms with van der Waals surface area (Å²) in [7, 11) is -3.18. The highest BCUT2D eigenvalue weighted by Crippen LogP contribution is 2.29. The van der Waals surface area contributed by atoms with Gasteiger partial charge in [0.25, 0.3) is 0 Å². The van der Waals surface area contributed by atoms with Crippen molar-refractivity contribution in [3.05, 3.63) is 44.6 Å². The monoisotopic (exact) mass is 373 g/mol. The van der Waals surface area contributed by atoms with Gasteiger partial charge in [-0.15, -0.1) is 11.3 Å². The van der Waals surface area contributed by atoms with E-state index in [0.29, 0.717) is 4.90 Å². The lowest BCUT2D eigenvalue weighted by atomic mass is 10.1. The van der Waals surface area contributed by atoms with E-state index in [1.165, 1.54) is 11.1 Å². The molecule has 0 bridgehead atoms. The Balaban J connectivity index is 2.29. The van der Waals surface area contributed by atoms with Crippen LogP contribution >= 0.6 is 27.3 Å². The molecule has 0 saturated heterocycles. The number of hydrogen-bond donors (Lipinski definition) is 1. The summed E-state index contributed by atoms with van der Waals surface area (Å²) in [5.41, 5.74) is 1.88. The van der Waals surface area contributed by atoms with E-state index in [-0.39, 0.29) is 6.04 Å². The van der Waals surface area contributed by atoms with E-state index in [1.807, 2.05) is 18.4 Å². The molecular formula is C14H16BrNO2S2. The first-order chi connectivity index (χ1) is 9.27. The molecule has 1 atom stereocenters. The lowest BCUT2D eigenvalue weighted by Gasteiger charge is -2.16. The van der Waals surface area contributed by atoms with Crippen molar-refractivity contribution >= 4 is 42.8 Å². The Morgan fingerprint density at radius 1 is 1.30 bits per heavy atom. The molecule has 1 N–H and O–H groups in total. The molecular weight excluding hydrogens is 358 g/mol. The molecule has 0 radical (unpaired) electrons. The van der Waals surface area contributed by atoms with Crippen molar-refractivity contribution in [3.63, 3.8) is 0 Å². The molecule has 2 aromatic rings. The molecule has 0 aliphatic heterocycles. The van der Waals surface area contributed by atoms with Crippen LogP contribution in [0.4, 0.5) is 5.69 Å². The summed E-state index contributed by atoms with van der Waals surface area (Å²) in [6.07, 6.45) is 1.22. The number of benzene rings is 1. The first kappa shape index (κ1) is 15.5. The zero-order chi connectivity index (χ0) is 14.9. The molecule has 6 heteroatoms. The third kappa shape index (κ3) is 3.62. The Morgan fingerprint density at radius 3 is 2.55 bits per heavy atom. The van der Waals surface area contributed by atoms with Gasteiger partial charge in [0.2, 0.25) is 0 Å². The largest absolute Gasteiger partial charge is 0.377 e. The van der Waals surface area contributed by atoms with Crippen LogP contribution in [0.3, 0.4) is 0 Å². The minimum atomic E-state index is -3.18. The van der Waals surface area contributed by atoms with Gasteiger partial charge in [-0.2, -0.15) is 0 Å². The van der Waals surface area contributed by atoms with E-state index < -0.39 is 9.84 Å². The van der Waals surface area contributed by atoms with Crippen molar-refractivity contribution in [2.45, 2.75) is 24.8 Å². The summed E-state index contributed by atoms with van der Waals surface area (Å²) in [5, 5.41) is 5.41. The molecule has 1 aromatic carbocycles. The number of anilines is 1. The van der Waals surface area contributed by atoms with E-state index in [2.05, 4.69) is 34.2 Å². The predicted octanol–water partition coefficient (Wildman–Crippen LogP) is 4.40. The smallest absolute Gasteiger partial charge is 0.175 e. The maximum Gasteiger partial charge on any atom is 0.175 e. The van der Waals surface area contributed by atoms with Gasteiger partial charge in [0.1, 0.15) is 0 Å². The maximum absolute atomic E-state index is 11.6. The Kier molecular flexibility index (Phi) is 4.56. The molecule has 1 aromatic heterocycles. The summed E-state index contributed by atoms with van der Waals surface area (Å²) in [6, 6.07) is 7.36. The fourth-order valence-corrected chi connectivity index (χ4v) is 3.95. The highest BCUT2D eigenvalue weighted by atomic mass is 79.9. The number of rotatable bonds is 4. The van der Waals surface area contributed by atoms with E-state index in [4.69, 9.17) is 0 Å². The van der Waals surface area contributed by atoms with E-state index in [1.54, 1.807) is 23.5 Å². The van der Waals surface area contributed by atoms with Crippen molar-refractivity contribution in [2.75, 3.05) is 11.6 Å². The summed E-state index contributed by atoms with van der Waals surface area (Å²) < 4.78 is 24.3. The Hall–Kier alpha value is -0.850. The molecule has 0 aliphatic carbocycles. The second-order valence-corrected chi connectivity index (χ2v) is 8.66. The first-order valence-electron chi connectivity index (χ1n) is 6.08. The average Bonchev–Trinajstić information content (AvgIpc) is 2.77. The van der Waals surface area contributed by atoms with Crippen molar-refractivity contribution < 1.29 is 8.42 Å². The number of halogens is 1. The third-order valence-corrected chi connectivity index (χ3v) is 6.01. The molecule has 0 fully saturated rings. The van der Waals surface area contributed by atoms with Gasteiger partial charge >= 0.3 is 0 Å². The fourth-order valence-electron chi connectivity index (χ4n) is 1.85. The van der Waals surface area contributed by atoms with Crippen LogP contribution in [0.15, 0.2) is 39.0 Å². The van der Waals surface area contributed by atoms with Crippen LogP contribution < -0.4 is 5.32 Å². The maximum atomic E-state index is 11.6. The van der Waals surface area contributed by atoms with Crippen LogP contribution in [0.5, 0.6) is 0 Å². The van der Waals surface area contributed by atoms with E-state index in [9.17, 15) is 8.42 Å². The molecule has 2 rings (SSSR count). The second kappa shape index (κ2) is 5.87. The molecule has 108 valence electrons. The SMILES string of the molecule is Cc1ccc(S(C)(=O)=O)cc1NC(C)c1cc(Br)cs1. The third-order valence-electron chi connectivity index (χ3n) is 3.02. The van der Waals surface area contributed by atoms with E-state index in [0.717, 1.165) is 15.7 Å². The summed E-state index contributed by atoms with van der Waals surface area (Å²) >= 11 is 5.11. The molecule has 20 heavy (non-hydrogen) atoms. The molecule has 1 heterocycles. The van der Waals surface area contributed by atoms with Crippen molar-refractivity contribution in [2.24, 2.45) is 0 Å². The number of sulfone groups is 1. The fraction of sp³-hybridized carbons (Fsp3) is 0.286. The number of thiophene rings is 1. The highest BCUT2D eigenvalue weighted by Gasteiger charge is 2.13.